The lowest BCUT2D eigenvalue weighted by molar-refractivity contribution is 0.400. The molecule has 0 aliphatic heterocycles. The Hall–Kier alpha value is -2.97. The topological polar surface area (TPSA) is 92.6 Å². The Kier molecular flexibility index (Phi) is 6.19. The van der Waals surface area contributed by atoms with Gasteiger partial charge in [0.1, 0.15) is 29.7 Å². The summed E-state index contributed by atoms with van der Waals surface area (Å²) in [5.74, 6) is 1.29. The van der Waals surface area contributed by atoms with Crippen molar-refractivity contribution in [3.05, 3.63) is 34.5 Å². The van der Waals surface area contributed by atoms with E-state index < -0.39 is 0 Å². The Morgan fingerprint density at radius 2 is 1.43 bits per heavy atom. The van der Waals surface area contributed by atoms with Crippen molar-refractivity contribution in [3.63, 3.8) is 0 Å². The van der Waals surface area contributed by atoms with Crippen molar-refractivity contribution in [1.29, 1.82) is 15.8 Å². The lowest BCUT2D eigenvalue weighted by atomic mass is 9.93. The summed E-state index contributed by atoms with van der Waals surface area (Å²) in [5.41, 5.74) is 2.39. The molecule has 0 atom stereocenters. The number of methoxy groups -OCH3 is 1. The van der Waals surface area contributed by atoms with E-state index in [1.54, 1.807) is 19.2 Å². The van der Waals surface area contributed by atoms with Gasteiger partial charge in [0.2, 0.25) is 0 Å². The number of anilines is 1. The molecule has 0 spiro atoms. The normalized spacial score (nSPS) is 9.74. The van der Waals surface area contributed by atoms with E-state index in [1.165, 1.54) is 0 Å². The third-order valence-corrected chi connectivity index (χ3v) is 3.45. The third kappa shape index (κ3) is 4.02. The SMILES string of the molecule is COc1c(C(C)C)cc(NC(C#N)=C(C#N)C#N)cc1C(C)C. The standard InChI is InChI=1S/C18H20N4O/c1-11(2)15-6-14(7-16(12(3)4)18(15)23-5)22-17(10-21)13(8-19)9-20/h6-7,11-12,22H,1-5H3. The molecular formula is C18H20N4O. The fourth-order valence-corrected chi connectivity index (χ4v) is 2.27. The van der Waals surface area contributed by atoms with Crippen molar-refractivity contribution in [2.45, 2.75) is 39.5 Å². The summed E-state index contributed by atoms with van der Waals surface area (Å²) in [4.78, 5) is 0. The molecule has 0 aliphatic carbocycles. The van der Waals surface area contributed by atoms with Gasteiger partial charge in [0.25, 0.3) is 0 Å². The van der Waals surface area contributed by atoms with Crippen molar-refractivity contribution < 1.29 is 4.74 Å². The van der Waals surface area contributed by atoms with Gasteiger partial charge >= 0.3 is 0 Å². The minimum atomic E-state index is -0.236. The highest BCUT2D eigenvalue weighted by Crippen LogP contribution is 2.37. The quantitative estimate of drug-likeness (QED) is 0.824. The van der Waals surface area contributed by atoms with E-state index in [1.807, 2.05) is 18.2 Å². The van der Waals surface area contributed by atoms with Gasteiger partial charge in [0, 0.05) is 5.69 Å². The van der Waals surface area contributed by atoms with Crippen LogP contribution in [0.25, 0.3) is 0 Å². The first-order valence-electron chi connectivity index (χ1n) is 7.32. The van der Waals surface area contributed by atoms with E-state index in [-0.39, 0.29) is 23.1 Å². The summed E-state index contributed by atoms with van der Waals surface area (Å²) in [6.07, 6.45) is 0. The van der Waals surface area contributed by atoms with Crippen LogP contribution < -0.4 is 10.1 Å². The number of allylic oxidation sites excluding steroid dienone is 2. The molecular weight excluding hydrogens is 288 g/mol. The number of benzene rings is 1. The fraction of sp³-hybridized carbons (Fsp3) is 0.389. The number of hydrogen-bond acceptors (Lipinski definition) is 5. The van der Waals surface area contributed by atoms with Gasteiger partial charge in [-0.05, 0) is 35.1 Å². The Morgan fingerprint density at radius 3 is 1.74 bits per heavy atom. The predicted molar refractivity (Wildman–Crippen MR) is 88.7 cm³/mol. The molecule has 0 bridgehead atoms. The predicted octanol–water partition coefficient (Wildman–Crippen LogP) is 4.18. The van der Waals surface area contributed by atoms with Crippen LogP contribution in [0.1, 0.15) is 50.7 Å². The molecule has 1 rings (SSSR count). The molecule has 1 aromatic carbocycles. The van der Waals surface area contributed by atoms with Crippen LogP contribution >= 0.6 is 0 Å². The molecule has 5 nitrogen and oxygen atoms in total. The van der Waals surface area contributed by atoms with Gasteiger partial charge in [-0.3, -0.25) is 0 Å². The molecule has 1 aromatic rings. The third-order valence-electron chi connectivity index (χ3n) is 3.45. The second-order valence-corrected chi connectivity index (χ2v) is 5.71. The van der Waals surface area contributed by atoms with E-state index >= 15 is 0 Å². The zero-order valence-electron chi connectivity index (χ0n) is 14.1. The van der Waals surface area contributed by atoms with Gasteiger partial charge in [-0.2, -0.15) is 15.8 Å². The van der Waals surface area contributed by atoms with Crippen molar-refractivity contribution >= 4 is 5.69 Å². The molecule has 0 heterocycles. The zero-order valence-corrected chi connectivity index (χ0v) is 14.1. The number of ether oxygens (including phenoxy) is 1. The molecule has 23 heavy (non-hydrogen) atoms. The number of nitrogens with zero attached hydrogens (tertiary/aromatic N) is 3. The van der Waals surface area contributed by atoms with Crippen LogP contribution in [0.2, 0.25) is 0 Å². The lowest BCUT2D eigenvalue weighted by Gasteiger charge is -2.20. The Bertz CT molecular complexity index is 695. The molecule has 0 fully saturated rings. The first-order chi connectivity index (χ1) is 10.9. The van der Waals surface area contributed by atoms with E-state index in [0.29, 0.717) is 5.69 Å². The van der Waals surface area contributed by atoms with E-state index in [2.05, 4.69) is 33.0 Å². The maximum atomic E-state index is 9.18. The summed E-state index contributed by atoms with van der Waals surface area (Å²) in [7, 11) is 1.64. The number of hydrogen-bond donors (Lipinski definition) is 1. The molecule has 1 N–H and O–H groups in total. The highest BCUT2D eigenvalue weighted by atomic mass is 16.5. The molecule has 0 aliphatic rings. The van der Waals surface area contributed by atoms with Crippen LogP contribution in [0.15, 0.2) is 23.4 Å². The molecule has 0 radical (unpaired) electrons. The molecule has 0 saturated heterocycles. The minimum absolute atomic E-state index is 0.0513. The first kappa shape index (κ1) is 18.1. The highest BCUT2D eigenvalue weighted by molar-refractivity contribution is 5.63. The summed E-state index contributed by atoms with van der Waals surface area (Å²) in [6.45, 7) is 8.23. The highest BCUT2D eigenvalue weighted by Gasteiger charge is 2.17. The molecule has 118 valence electrons. The maximum absolute atomic E-state index is 9.18. The molecule has 0 saturated carbocycles. The Morgan fingerprint density at radius 1 is 0.957 bits per heavy atom. The second kappa shape index (κ2) is 7.87. The van der Waals surface area contributed by atoms with E-state index in [9.17, 15) is 5.26 Å². The smallest absolute Gasteiger partial charge is 0.163 e. The minimum Gasteiger partial charge on any atom is -0.496 e. The van der Waals surface area contributed by atoms with Gasteiger partial charge in [0.05, 0.1) is 7.11 Å². The first-order valence-corrected chi connectivity index (χ1v) is 7.32. The summed E-state index contributed by atoms with van der Waals surface area (Å²) >= 11 is 0. The average Bonchev–Trinajstić information content (AvgIpc) is 2.53. The Labute approximate surface area is 137 Å². The zero-order chi connectivity index (χ0) is 17.6. The van der Waals surface area contributed by atoms with Gasteiger partial charge in [-0.15, -0.1) is 0 Å². The van der Waals surface area contributed by atoms with Crippen LogP contribution in [0.4, 0.5) is 5.69 Å². The molecule has 0 unspecified atom stereocenters. The summed E-state index contributed by atoms with van der Waals surface area (Å²) < 4.78 is 5.57. The molecule has 5 heteroatoms. The van der Waals surface area contributed by atoms with E-state index in [4.69, 9.17) is 15.3 Å². The van der Waals surface area contributed by atoms with Crippen LogP contribution in [0.5, 0.6) is 5.75 Å². The van der Waals surface area contributed by atoms with Gasteiger partial charge in [0.15, 0.2) is 5.57 Å². The van der Waals surface area contributed by atoms with Crippen molar-refractivity contribution in [3.8, 4) is 24.0 Å². The van der Waals surface area contributed by atoms with E-state index in [0.717, 1.165) is 16.9 Å². The second-order valence-electron chi connectivity index (χ2n) is 5.71. The number of nitriles is 3. The lowest BCUT2D eigenvalue weighted by Crippen LogP contribution is -2.06. The van der Waals surface area contributed by atoms with Crippen molar-refractivity contribution in [2.24, 2.45) is 0 Å². The van der Waals surface area contributed by atoms with Crippen molar-refractivity contribution in [1.82, 2.24) is 0 Å². The van der Waals surface area contributed by atoms with Crippen molar-refractivity contribution in [2.75, 3.05) is 12.4 Å². The summed E-state index contributed by atoms with van der Waals surface area (Å²) in [6, 6.07) is 9.10. The Balaban J connectivity index is 3.51. The summed E-state index contributed by atoms with van der Waals surface area (Å²) in [5, 5.41) is 29.9. The van der Waals surface area contributed by atoms with Crippen LogP contribution in [-0.4, -0.2) is 7.11 Å². The van der Waals surface area contributed by atoms with Gasteiger partial charge < -0.3 is 10.1 Å². The monoisotopic (exact) mass is 308 g/mol. The van der Waals surface area contributed by atoms with Crippen LogP contribution in [0, 0.1) is 34.0 Å². The number of nitrogens with one attached hydrogen (secondary N) is 1. The number of rotatable bonds is 5. The fourth-order valence-electron chi connectivity index (χ4n) is 2.27. The van der Waals surface area contributed by atoms with Crippen LogP contribution in [0.3, 0.4) is 0 Å². The average molecular weight is 308 g/mol. The molecule has 0 amide bonds. The molecule has 0 aromatic heterocycles. The maximum Gasteiger partial charge on any atom is 0.163 e. The largest absolute Gasteiger partial charge is 0.496 e. The van der Waals surface area contributed by atoms with Gasteiger partial charge in [-0.1, -0.05) is 27.7 Å². The van der Waals surface area contributed by atoms with Gasteiger partial charge in [-0.25, -0.2) is 0 Å². The van der Waals surface area contributed by atoms with Crippen LogP contribution in [-0.2, 0) is 0 Å².